The van der Waals surface area contributed by atoms with Crippen molar-refractivity contribution in [3.63, 3.8) is 0 Å². The highest BCUT2D eigenvalue weighted by atomic mass is 15.0. The Bertz CT molecular complexity index is 900. The van der Waals surface area contributed by atoms with Gasteiger partial charge < -0.3 is 4.57 Å². The minimum Gasteiger partial charge on any atom is -0.328 e. The molecule has 0 saturated carbocycles. The van der Waals surface area contributed by atoms with Gasteiger partial charge in [-0.05, 0) is 36.0 Å². The standard InChI is InChI=1S/C21H29N3/c1-8-20(3,4)14-10-11-17-15(12-14)16-13-22-19(21(5,6)9-2)23-18(16)24(17)7/h10-13H,8-9H2,1-7H3. The van der Waals surface area contributed by atoms with Gasteiger partial charge in [-0.1, -0.05) is 47.6 Å². The van der Waals surface area contributed by atoms with Gasteiger partial charge in [-0.2, -0.15) is 0 Å². The van der Waals surface area contributed by atoms with Crippen molar-refractivity contribution in [2.45, 2.75) is 65.2 Å². The first-order valence-electron chi connectivity index (χ1n) is 8.97. The van der Waals surface area contributed by atoms with Gasteiger partial charge in [-0.15, -0.1) is 0 Å². The van der Waals surface area contributed by atoms with Crippen molar-refractivity contribution < 1.29 is 0 Å². The van der Waals surface area contributed by atoms with Crippen molar-refractivity contribution in [3.8, 4) is 0 Å². The largest absolute Gasteiger partial charge is 0.328 e. The highest BCUT2D eigenvalue weighted by Gasteiger charge is 2.24. The predicted molar refractivity (Wildman–Crippen MR) is 103 cm³/mol. The fourth-order valence-corrected chi connectivity index (χ4v) is 3.09. The second-order valence-electron chi connectivity index (χ2n) is 8.20. The third kappa shape index (κ3) is 2.51. The first-order valence-corrected chi connectivity index (χ1v) is 8.97. The van der Waals surface area contributed by atoms with E-state index in [4.69, 9.17) is 9.97 Å². The zero-order valence-electron chi connectivity index (χ0n) is 16.1. The lowest BCUT2D eigenvalue weighted by molar-refractivity contribution is 0.474. The number of benzene rings is 1. The molecule has 3 aromatic rings. The molecule has 0 unspecified atom stereocenters. The van der Waals surface area contributed by atoms with Crippen LogP contribution in [0.2, 0.25) is 0 Å². The molecule has 2 heterocycles. The number of hydrogen-bond acceptors (Lipinski definition) is 2. The maximum Gasteiger partial charge on any atom is 0.144 e. The third-order valence-corrected chi connectivity index (χ3v) is 5.89. The predicted octanol–water partition coefficient (Wildman–Crippen LogP) is 5.50. The number of aryl methyl sites for hydroxylation is 1. The maximum absolute atomic E-state index is 4.92. The molecule has 0 fully saturated rings. The summed E-state index contributed by atoms with van der Waals surface area (Å²) in [5.41, 5.74) is 3.81. The third-order valence-electron chi connectivity index (χ3n) is 5.89. The maximum atomic E-state index is 4.92. The minimum absolute atomic E-state index is 0.00000654. The Kier molecular flexibility index (Phi) is 3.94. The molecule has 24 heavy (non-hydrogen) atoms. The van der Waals surface area contributed by atoms with E-state index in [1.165, 1.54) is 16.5 Å². The topological polar surface area (TPSA) is 30.7 Å². The molecule has 128 valence electrons. The Labute approximate surface area is 145 Å². The van der Waals surface area contributed by atoms with Gasteiger partial charge in [-0.3, -0.25) is 0 Å². The molecule has 0 aliphatic heterocycles. The summed E-state index contributed by atoms with van der Waals surface area (Å²) in [4.78, 5) is 9.62. The van der Waals surface area contributed by atoms with Crippen molar-refractivity contribution in [2.24, 2.45) is 7.05 Å². The van der Waals surface area contributed by atoms with Crippen LogP contribution in [0, 0.1) is 0 Å². The van der Waals surface area contributed by atoms with Crippen LogP contribution >= 0.6 is 0 Å². The average molecular weight is 323 g/mol. The minimum atomic E-state index is 0.00000654. The van der Waals surface area contributed by atoms with Crippen LogP contribution in [0.25, 0.3) is 21.9 Å². The fourth-order valence-electron chi connectivity index (χ4n) is 3.09. The van der Waals surface area contributed by atoms with Crippen molar-refractivity contribution in [2.75, 3.05) is 0 Å². The van der Waals surface area contributed by atoms with Gasteiger partial charge in [0.2, 0.25) is 0 Å². The van der Waals surface area contributed by atoms with Crippen LogP contribution in [0.5, 0.6) is 0 Å². The van der Waals surface area contributed by atoms with Gasteiger partial charge in [0.1, 0.15) is 11.5 Å². The van der Waals surface area contributed by atoms with Gasteiger partial charge in [0.25, 0.3) is 0 Å². The van der Waals surface area contributed by atoms with E-state index in [0.717, 1.165) is 29.7 Å². The van der Waals surface area contributed by atoms with Crippen LogP contribution in [0.15, 0.2) is 24.4 Å². The van der Waals surface area contributed by atoms with E-state index in [0.29, 0.717) is 0 Å². The lowest BCUT2D eigenvalue weighted by atomic mass is 9.82. The number of aromatic nitrogens is 3. The molecule has 0 aliphatic carbocycles. The van der Waals surface area contributed by atoms with Crippen molar-refractivity contribution in [1.82, 2.24) is 14.5 Å². The Morgan fingerprint density at radius 1 is 0.958 bits per heavy atom. The normalized spacial score (nSPS) is 13.1. The Morgan fingerprint density at radius 2 is 1.62 bits per heavy atom. The van der Waals surface area contributed by atoms with Gasteiger partial charge in [0.15, 0.2) is 0 Å². The smallest absolute Gasteiger partial charge is 0.144 e. The van der Waals surface area contributed by atoms with E-state index in [1.807, 2.05) is 6.20 Å². The summed E-state index contributed by atoms with van der Waals surface area (Å²) in [7, 11) is 2.10. The highest BCUT2D eigenvalue weighted by molar-refractivity contribution is 6.06. The molecule has 2 aromatic heterocycles. The lowest BCUT2D eigenvalue weighted by Crippen LogP contribution is -2.19. The molecule has 0 spiro atoms. The van der Waals surface area contributed by atoms with Gasteiger partial charge in [0, 0.05) is 29.4 Å². The molecule has 3 rings (SSSR count). The zero-order valence-corrected chi connectivity index (χ0v) is 16.1. The molecule has 3 heteroatoms. The summed E-state index contributed by atoms with van der Waals surface area (Å²) < 4.78 is 2.20. The molecule has 0 amide bonds. The lowest BCUT2D eigenvalue weighted by Gasteiger charge is -2.23. The van der Waals surface area contributed by atoms with Crippen molar-refractivity contribution in [1.29, 1.82) is 0 Å². The van der Waals surface area contributed by atoms with Crippen LogP contribution < -0.4 is 0 Å². The van der Waals surface area contributed by atoms with Crippen LogP contribution in [0.1, 0.15) is 65.8 Å². The second-order valence-corrected chi connectivity index (χ2v) is 8.20. The molecule has 0 bridgehead atoms. The van der Waals surface area contributed by atoms with E-state index >= 15 is 0 Å². The molecule has 3 nitrogen and oxygen atoms in total. The van der Waals surface area contributed by atoms with Gasteiger partial charge in [0.05, 0.1) is 5.52 Å². The van der Waals surface area contributed by atoms with E-state index in [1.54, 1.807) is 0 Å². The molecule has 0 saturated heterocycles. The Hall–Kier alpha value is -1.90. The number of nitrogens with zero attached hydrogens (tertiary/aromatic N) is 3. The first-order chi connectivity index (χ1) is 11.2. The summed E-state index contributed by atoms with van der Waals surface area (Å²) in [6, 6.07) is 6.82. The van der Waals surface area contributed by atoms with E-state index < -0.39 is 0 Å². The van der Waals surface area contributed by atoms with Crippen LogP contribution in [0.3, 0.4) is 0 Å². The highest BCUT2D eigenvalue weighted by Crippen LogP contribution is 2.34. The molecular formula is C21H29N3. The summed E-state index contributed by atoms with van der Waals surface area (Å²) in [6.07, 6.45) is 4.16. The van der Waals surface area contributed by atoms with Crippen LogP contribution in [0.4, 0.5) is 0 Å². The van der Waals surface area contributed by atoms with E-state index in [-0.39, 0.29) is 10.8 Å². The number of rotatable bonds is 4. The second kappa shape index (κ2) is 5.58. The van der Waals surface area contributed by atoms with E-state index in [9.17, 15) is 0 Å². The average Bonchev–Trinajstić information content (AvgIpc) is 2.87. The Morgan fingerprint density at radius 3 is 2.25 bits per heavy atom. The SMILES string of the molecule is CCC(C)(C)c1ccc2c(c1)c1cnc(C(C)(C)CC)nc1n2C. The summed E-state index contributed by atoms with van der Waals surface area (Å²) in [6.45, 7) is 13.5. The molecule has 0 aliphatic rings. The summed E-state index contributed by atoms with van der Waals surface area (Å²) in [5.74, 6) is 0.928. The Balaban J connectivity index is 2.28. The quantitative estimate of drug-likeness (QED) is 0.635. The molecule has 0 radical (unpaired) electrons. The van der Waals surface area contributed by atoms with Gasteiger partial charge in [-0.25, -0.2) is 9.97 Å². The molecule has 1 aromatic carbocycles. The molecule has 0 N–H and O–H groups in total. The number of fused-ring (bicyclic) bond motifs is 3. The number of hydrogen-bond donors (Lipinski definition) is 0. The van der Waals surface area contributed by atoms with Crippen LogP contribution in [-0.4, -0.2) is 14.5 Å². The monoisotopic (exact) mass is 323 g/mol. The molecule has 0 atom stereocenters. The molecular weight excluding hydrogens is 294 g/mol. The zero-order chi connectivity index (χ0) is 17.7. The van der Waals surface area contributed by atoms with Gasteiger partial charge >= 0.3 is 0 Å². The van der Waals surface area contributed by atoms with Crippen LogP contribution in [-0.2, 0) is 17.9 Å². The van der Waals surface area contributed by atoms with Crippen molar-refractivity contribution in [3.05, 3.63) is 35.8 Å². The van der Waals surface area contributed by atoms with E-state index in [2.05, 4.69) is 71.4 Å². The first kappa shape index (κ1) is 16.9. The summed E-state index contributed by atoms with van der Waals surface area (Å²) >= 11 is 0. The summed E-state index contributed by atoms with van der Waals surface area (Å²) in [5, 5.41) is 2.41. The fraction of sp³-hybridized carbons (Fsp3) is 0.524. The van der Waals surface area contributed by atoms with Crippen molar-refractivity contribution >= 4 is 21.9 Å².